The van der Waals surface area contributed by atoms with Crippen molar-refractivity contribution < 1.29 is 4.79 Å². The van der Waals surface area contributed by atoms with Gasteiger partial charge in [0.1, 0.15) is 0 Å². The van der Waals surface area contributed by atoms with Gasteiger partial charge in [0.25, 0.3) is 5.91 Å². The summed E-state index contributed by atoms with van der Waals surface area (Å²) in [6.07, 6.45) is 3.44. The maximum absolute atomic E-state index is 13.1. The number of aryl methyl sites for hydroxylation is 1. The van der Waals surface area contributed by atoms with E-state index in [2.05, 4.69) is 15.4 Å². The van der Waals surface area contributed by atoms with Crippen LogP contribution in [0, 0.1) is 0 Å². The first-order valence-electron chi connectivity index (χ1n) is 8.79. The molecule has 1 atom stereocenters. The maximum atomic E-state index is 13.1. The number of carbonyl (C=O) groups excluding carboxylic acids is 1. The lowest BCUT2D eigenvalue weighted by atomic mass is 10.1. The second-order valence-electron chi connectivity index (χ2n) is 6.18. The first-order chi connectivity index (χ1) is 13.2. The monoisotopic (exact) mass is 377 g/mol. The van der Waals surface area contributed by atoms with Crippen LogP contribution in [0.1, 0.15) is 35.9 Å². The van der Waals surface area contributed by atoms with Gasteiger partial charge in [0.2, 0.25) is 0 Å². The van der Waals surface area contributed by atoms with E-state index in [9.17, 15) is 4.79 Å². The van der Waals surface area contributed by atoms with Crippen molar-refractivity contribution in [2.24, 2.45) is 0 Å². The van der Waals surface area contributed by atoms with Crippen LogP contribution in [0.15, 0.2) is 54.2 Å². The molecule has 4 heterocycles. The van der Waals surface area contributed by atoms with Gasteiger partial charge in [-0.1, -0.05) is 12.1 Å². The summed E-state index contributed by atoms with van der Waals surface area (Å²) in [6.45, 7) is 4.62. The standard InChI is InChI=1S/C20H19N5OS/c1-3-25-19-15(12-22-25)14(11-17(24-19)18-8-6-10-27-18)20(26)23-13(2)16-7-4-5-9-21-16/h4-13H,3H2,1-2H3,(H,23,26)/t13-/m1/s1. The van der Waals surface area contributed by atoms with Crippen molar-refractivity contribution in [1.82, 2.24) is 25.1 Å². The fourth-order valence-corrected chi connectivity index (χ4v) is 3.68. The molecule has 4 aromatic rings. The molecule has 7 heteroatoms. The summed E-state index contributed by atoms with van der Waals surface area (Å²) < 4.78 is 1.81. The van der Waals surface area contributed by atoms with Crippen molar-refractivity contribution in [2.45, 2.75) is 26.4 Å². The zero-order chi connectivity index (χ0) is 18.8. The molecule has 0 radical (unpaired) electrons. The third kappa shape index (κ3) is 3.33. The Hall–Kier alpha value is -3.06. The normalized spacial score (nSPS) is 12.2. The lowest BCUT2D eigenvalue weighted by Crippen LogP contribution is -2.27. The summed E-state index contributed by atoms with van der Waals surface area (Å²) in [5.74, 6) is -0.158. The molecule has 0 aromatic carbocycles. The molecule has 0 spiro atoms. The van der Waals surface area contributed by atoms with Crippen molar-refractivity contribution in [3.8, 4) is 10.6 Å². The summed E-state index contributed by atoms with van der Waals surface area (Å²) in [4.78, 5) is 23.2. The van der Waals surface area contributed by atoms with Crippen LogP contribution in [0.4, 0.5) is 0 Å². The number of pyridine rings is 2. The third-order valence-corrected chi connectivity index (χ3v) is 5.30. The van der Waals surface area contributed by atoms with Gasteiger partial charge in [-0.3, -0.25) is 9.78 Å². The van der Waals surface area contributed by atoms with Gasteiger partial charge in [-0.25, -0.2) is 9.67 Å². The Morgan fingerprint density at radius 2 is 2.19 bits per heavy atom. The summed E-state index contributed by atoms with van der Waals surface area (Å²) in [6, 6.07) is 11.3. The molecule has 0 aliphatic carbocycles. The van der Waals surface area contributed by atoms with E-state index in [-0.39, 0.29) is 11.9 Å². The lowest BCUT2D eigenvalue weighted by molar-refractivity contribution is 0.0940. The highest BCUT2D eigenvalue weighted by Gasteiger charge is 2.19. The Morgan fingerprint density at radius 3 is 2.89 bits per heavy atom. The zero-order valence-corrected chi connectivity index (χ0v) is 15.9. The van der Waals surface area contributed by atoms with Crippen LogP contribution in [0.2, 0.25) is 0 Å². The summed E-state index contributed by atoms with van der Waals surface area (Å²) in [7, 11) is 0. The number of amides is 1. The molecular weight excluding hydrogens is 358 g/mol. The molecule has 4 rings (SSSR count). The molecule has 1 N–H and O–H groups in total. The van der Waals surface area contributed by atoms with Gasteiger partial charge in [0.05, 0.1) is 39.5 Å². The summed E-state index contributed by atoms with van der Waals surface area (Å²) in [5.41, 5.74) is 2.90. The van der Waals surface area contributed by atoms with Crippen molar-refractivity contribution in [1.29, 1.82) is 0 Å². The van der Waals surface area contributed by atoms with Gasteiger partial charge in [-0.05, 0) is 43.5 Å². The maximum Gasteiger partial charge on any atom is 0.252 e. The van der Waals surface area contributed by atoms with Gasteiger partial charge < -0.3 is 5.32 Å². The number of nitrogens with zero attached hydrogens (tertiary/aromatic N) is 4. The molecule has 0 aliphatic heterocycles. The van der Waals surface area contributed by atoms with E-state index in [4.69, 9.17) is 4.98 Å². The van der Waals surface area contributed by atoms with Crippen LogP contribution in [-0.4, -0.2) is 25.7 Å². The van der Waals surface area contributed by atoms with Gasteiger partial charge in [-0.2, -0.15) is 5.10 Å². The van der Waals surface area contributed by atoms with Gasteiger partial charge in [-0.15, -0.1) is 11.3 Å². The van der Waals surface area contributed by atoms with Crippen molar-refractivity contribution in [2.75, 3.05) is 0 Å². The quantitative estimate of drug-likeness (QED) is 0.569. The van der Waals surface area contributed by atoms with E-state index >= 15 is 0 Å². The van der Waals surface area contributed by atoms with Crippen molar-refractivity contribution in [3.05, 3.63) is 65.4 Å². The van der Waals surface area contributed by atoms with E-state index in [1.165, 1.54) is 0 Å². The minimum Gasteiger partial charge on any atom is -0.344 e. The average molecular weight is 377 g/mol. The van der Waals surface area contributed by atoms with Crippen LogP contribution < -0.4 is 5.32 Å². The molecule has 0 fully saturated rings. The molecule has 0 aliphatic rings. The average Bonchev–Trinajstić information content (AvgIpc) is 3.37. The minimum absolute atomic E-state index is 0.158. The van der Waals surface area contributed by atoms with Gasteiger partial charge in [0.15, 0.2) is 5.65 Å². The van der Waals surface area contributed by atoms with Crippen molar-refractivity contribution >= 4 is 28.3 Å². The molecule has 4 aromatic heterocycles. The van der Waals surface area contributed by atoms with E-state index in [1.807, 2.05) is 60.3 Å². The number of nitrogens with one attached hydrogen (secondary N) is 1. The lowest BCUT2D eigenvalue weighted by Gasteiger charge is -2.14. The predicted octanol–water partition coefficient (Wildman–Crippen LogP) is 4.07. The largest absolute Gasteiger partial charge is 0.344 e. The molecule has 0 saturated heterocycles. The number of aromatic nitrogens is 4. The highest BCUT2D eigenvalue weighted by Crippen LogP contribution is 2.28. The van der Waals surface area contributed by atoms with Crippen molar-refractivity contribution in [3.63, 3.8) is 0 Å². The number of hydrogen-bond donors (Lipinski definition) is 1. The molecule has 0 saturated carbocycles. The van der Waals surface area contributed by atoms with E-state index in [1.54, 1.807) is 23.7 Å². The molecule has 27 heavy (non-hydrogen) atoms. The summed E-state index contributed by atoms with van der Waals surface area (Å²) in [5, 5.41) is 10.2. The highest BCUT2D eigenvalue weighted by atomic mass is 32.1. The van der Waals surface area contributed by atoms with Crippen LogP contribution in [0.5, 0.6) is 0 Å². The SMILES string of the molecule is CCn1ncc2c(C(=O)N[C@H](C)c3ccccn3)cc(-c3cccs3)nc21. The second-order valence-corrected chi connectivity index (χ2v) is 7.13. The Bertz CT molecular complexity index is 1070. The zero-order valence-electron chi connectivity index (χ0n) is 15.1. The molecule has 0 unspecified atom stereocenters. The molecular formula is C20H19N5OS. The van der Waals surface area contributed by atoms with Gasteiger partial charge in [0, 0.05) is 12.7 Å². The Balaban J connectivity index is 1.75. The third-order valence-electron chi connectivity index (χ3n) is 4.41. The molecule has 1 amide bonds. The predicted molar refractivity (Wildman–Crippen MR) is 107 cm³/mol. The fourth-order valence-electron chi connectivity index (χ4n) is 3.00. The van der Waals surface area contributed by atoms with E-state index in [0.717, 1.165) is 27.3 Å². The molecule has 0 bridgehead atoms. The Kier molecular flexibility index (Phi) is 4.68. The van der Waals surface area contributed by atoms with Gasteiger partial charge >= 0.3 is 0 Å². The number of thiophene rings is 1. The fraction of sp³-hybridized carbons (Fsp3) is 0.200. The molecule has 6 nitrogen and oxygen atoms in total. The number of fused-ring (bicyclic) bond motifs is 1. The van der Waals surface area contributed by atoms with Crippen LogP contribution in [0.3, 0.4) is 0 Å². The number of rotatable bonds is 5. The minimum atomic E-state index is -0.201. The Labute approximate surface area is 160 Å². The van der Waals surface area contributed by atoms with Crippen LogP contribution in [0.25, 0.3) is 21.6 Å². The smallest absolute Gasteiger partial charge is 0.252 e. The molecule has 136 valence electrons. The van der Waals surface area contributed by atoms with E-state index in [0.29, 0.717) is 12.1 Å². The summed E-state index contributed by atoms with van der Waals surface area (Å²) >= 11 is 1.60. The Morgan fingerprint density at radius 1 is 1.30 bits per heavy atom. The topological polar surface area (TPSA) is 72.7 Å². The van der Waals surface area contributed by atoms with E-state index < -0.39 is 0 Å². The second kappa shape index (κ2) is 7.28. The van der Waals surface area contributed by atoms with Crippen LogP contribution in [-0.2, 0) is 6.54 Å². The first kappa shape index (κ1) is 17.4. The number of hydrogen-bond acceptors (Lipinski definition) is 5. The highest BCUT2D eigenvalue weighted by molar-refractivity contribution is 7.13. The first-order valence-corrected chi connectivity index (χ1v) is 9.67. The van der Waals surface area contributed by atoms with Crippen LogP contribution >= 0.6 is 11.3 Å². The number of carbonyl (C=O) groups is 1.